The molecule has 0 bridgehead atoms. The Morgan fingerprint density at radius 1 is 0.750 bits per heavy atom. The minimum absolute atomic E-state index is 0.0531. The molecule has 116 valence electrons. The van der Waals surface area contributed by atoms with Crippen molar-refractivity contribution in [2.75, 3.05) is 4.90 Å². The molecule has 0 fully saturated rings. The number of carbonyl (C=O) groups is 1. The third kappa shape index (κ3) is 2.55. The number of fused-ring (bicyclic) bond motifs is 1. The Kier molecular flexibility index (Phi) is 3.75. The number of benzene rings is 3. The molecule has 0 aromatic heterocycles. The van der Waals surface area contributed by atoms with Crippen molar-refractivity contribution in [3.63, 3.8) is 0 Å². The Labute approximate surface area is 148 Å². The van der Waals surface area contributed by atoms with Gasteiger partial charge in [-0.2, -0.15) is 0 Å². The first-order valence-electron chi connectivity index (χ1n) is 7.57. The maximum absolute atomic E-state index is 12.9. The molecule has 3 aromatic rings. The van der Waals surface area contributed by atoms with Gasteiger partial charge >= 0.3 is 0 Å². The van der Waals surface area contributed by atoms with Crippen LogP contribution in [-0.2, 0) is 0 Å². The lowest BCUT2D eigenvalue weighted by molar-refractivity contribution is 0.101. The van der Waals surface area contributed by atoms with Gasteiger partial charge in [0.15, 0.2) is 0 Å². The van der Waals surface area contributed by atoms with Gasteiger partial charge in [0.2, 0.25) is 0 Å². The summed E-state index contributed by atoms with van der Waals surface area (Å²) in [4.78, 5) is 19.3. The lowest BCUT2D eigenvalue weighted by Crippen LogP contribution is -2.29. The van der Waals surface area contributed by atoms with Crippen LogP contribution >= 0.6 is 15.9 Å². The van der Waals surface area contributed by atoms with Gasteiger partial charge in [0.1, 0.15) is 5.84 Å². The van der Waals surface area contributed by atoms with Gasteiger partial charge in [0.25, 0.3) is 5.91 Å². The third-order valence-electron chi connectivity index (χ3n) is 3.89. The summed E-state index contributed by atoms with van der Waals surface area (Å²) in [5.74, 6) is 0.603. The van der Waals surface area contributed by atoms with E-state index < -0.39 is 0 Å². The highest BCUT2D eigenvalue weighted by Crippen LogP contribution is 2.31. The van der Waals surface area contributed by atoms with Crippen LogP contribution in [0.3, 0.4) is 0 Å². The fraction of sp³-hybridized carbons (Fsp3) is 0. The number of rotatable bonds is 2. The van der Waals surface area contributed by atoms with E-state index in [1.807, 2.05) is 78.9 Å². The molecule has 0 atom stereocenters. The van der Waals surface area contributed by atoms with Crippen molar-refractivity contribution in [2.24, 2.45) is 4.99 Å². The van der Waals surface area contributed by atoms with Crippen molar-refractivity contribution in [1.82, 2.24) is 0 Å². The molecule has 0 aliphatic carbocycles. The molecule has 1 aliphatic rings. The smallest absolute Gasteiger partial charge is 0.264 e. The summed E-state index contributed by atoms with van der Waals surface area (Å²) in [7, 11) is 0. The molecule has 0 spiro atoms. The number of hydrogen-bond acceptors (Lipinski definition) is 2. The van der Waals surface area contributed by atoms with E-state index >= 15 is 0 Å². The van der Waals surface area contributed by atoms with Gasteiger partial charge in [-0.15, -0.1) is 0 Å². The van der Waals surface area contributed by atoms with Crippen LogP contribution in [0.2, 0.25) is 0 Å². The molecule has 4 heteroatoms. The second kappa shape index (κ2) is 6.06. The quantitative estimate of drug-likeness (QED) is 0.605. The van der Waals surface area contributed by atoms with Crippen LogP contribution in [0.15, 0.2) is 88.3 Å². The summed E-state index contributed by atoms with van der Waals surface area (Å²) in [5, 5.41) is 0. The van der Waals surface area contributed by atoms with E-state index in [2.05, 4.69) is 15.9 Å². The zero-order valence-electron chi connectivity index (χ0n) is 12.7. The number of amides is 1. The number of anilines is 1. The summed E-state index contributed by atoms with van der Waals surface area (Å²) in [5.41, 5.74) is 3.15. The van der Waals surface area contributed by atoms with Gasteiger partial charge in [-0.05, 0) is 42.5 Å². The van der Waals surface area contributed by atoms with Crippen LogP contribution in [0, 0.1) is 0 Å². The first kappa shape index (κ1) is 14.8. The Hall–Kier alpha value is -2.72. The average Bonchev–Trinajstić information content (AvgIpc) is 2.89. The van der Waals surface area contributed by atoms with Crippen LogP contribution in [0.1, 0.15) is 15.9 Å². The number of para-hydroxylation sites is 1. The van der Waals surface area contributed by atoms with Crippen molar-refractivity contribution < 1.29 is 4.79 Å². The van der Waals surface area contributed by atoms with Gasteiger partial charge in [-0.25, -0.2) is 4.99 Å². The fourth-order valence-corrected chi connectivity index (χ4v) is 3.03. The second-order valence-corrected chi connectivity index (χ2v) is 6.35. The molecule has 0 saturated heterocycles. The van der Waals surface area contributed by atoms with Crippen LogP contribution in [0.5, 0.6) is 0 Å². The van der Waals surface area contributed by atoms with Crippen LogP contribution in [0.25, 0.3) is 0 Å². The topological polar surface area (TPSA) is 32.7 Å². The molecule has 1 amide bonds. The number of amidine groups is 1. The molecular weight excluding hydrogens is 364 g/mol. The summed E-state index contributed by atoms with van der Waals surface area (Å²) < 4.78 is 0.969. The molecule has 1 heterocycles. The molecule has 24 heavy (non-hydrogen) atoms. The molecule has 0 saturated carbocycles. The zero-order chi connectivity index (χ0) is 16.5. The van der Waals surface area contributed by atoms with Crippen molar-refractivity contribution in [3.8, 4) is 0 Å². The van der Waals surface area contributed by atoms with E-state index in [0.717, 1.165) is 21.4 Å². The van der Waals surface area contributed by atoms with E-state index in [9.17, 15) is 4.79 Å². The minimum atomic E-state index is -0.0531. The molecule has 1 aliphatic heterocycles. The van der Waals surface area contributed by atoms with Crippen LogP contribution < -0.4 is 4.90 Å². The maximum Gasteiger partial charge on any atom is 0.264 e. The van der Waals surface area contributed by atoms with E-state index in [4.69, 9.17) is 4.99 Å². The van der Waals surface area contributed by atoms with Gasteiger partial charge in [0, 0.05) is 10.0 Å². The predicted octanol–water partition coefficient (Wildman–Crippen LogP) is 5.19. The molecule has 4 rings (SSSR count). The third-order valence-corrected chi connectivity index (χ3v) is 4.42. The standard InChI is InChI=1S/C20H13BrN2O/c21-14-10-12-16(13-11-14)23-19(22-15-6-2-1-3-7-15)17-8-4-5-9-18(17)20(23)24/h1-13H. The highest BCUT2D eigenvalue weighted by Gasteiger charge is 2.34. The Morgan fingerprint density at radius 2 is 1.38 bits per heavy atom. The number of nitrogens with zero attached hydrogens (tertiary/aromatic N) is 2. The summed E-state index contributed by atoms with van der Waals surface area (Å²) in [6.07, 6.45) is 0. The first-order valence-corrected chi connectivity index (χ1v) is 8.36. The monoisotopic (exact) mass is 376 g/mol. The van der Waals surface area contributed by atoms with Crippen LogP contribution in [0.4, 0.5) is 11.4 Å². The minimum Gasteiger partial charge on any atom is -0.268 e. The Bertz CT molecular complexity index is 933. The molecule has 0 radical (unpaired) electrons. The second-order valence-electron chi connectivity index (χ2n) is 5.43. The normalized spacial score (nSPS) is 15.0. The van der Waals surface area contributed by atoms with E-state index in [1.165, 1.54) is 0 Å². The molecule has 0 unspecified atom stereocenters. The predicted molar refractivity (Wildman–Crippen MR) is 100 cm³/mol. The van der Waals surface area contributed by atoms with Gasteiger partial charge in [0.05, 0.1) is 16.9 Å². The highest BCUT2D eigenvalue weighted by molar-refractivity contribution is 9.10. The largest absolute Gasteiger partial charge is 0.268 e. The van der Waals surface area contributed by atoms with E-state index in [0.29, 0.717) is 11.4 Å². The number of carbonyl (C=O) groups excluding carboxylic acids is 1. The summed E-state index contributed by atoms with van der Waals surface area (Å²) in [6, 6.07) is 24.9. The number of hydrogen-bond donors (Lipinski definition) is 0. The molecule has 0 N–H and O–H groups in total. The highest BCUT2D eigenvalue weighted by atomic mass is 79.9. The molecule has 3 nitrogen and oxygen atoms in total. The lowest BCUT2D eigenvalue weighted by atomic mass is 10.1. The van der Waals surface area contributed by atoms with Crippen molar-refractivity contribution >= 4 is 39.0 Å². The first-order chi connectivity index (χ1) is 11.7. The molecule has 3 aromatic carbocycles. The SMILES string of the molecule is O=C1c2ccccc2C(=Nc2ccccc2)N1c1ccc(Br)cc1. The van der Waals surface area contributed by atoms with Gasteiger partial charge in [-0.1, -0.05) is 52.3 Å². The van der Waals surface area contributed by atoms with E-state index in [1.54, 1.807) is 4.90 Å². The summed E-state index contributed by atoms with van der Waals surface area (Å²) in [6.45, 7) is 0. The van der Waals surface area contributed by atoms with Crippen LogP contribution in [-0.4, -0.2) is 11.7 Å². The average molecular weight is 377 g/mol. The van der Waals surface area contributed by atoms with Gasteiger partial charge in [-0.3, -0.25) is 9.69 Å². The number of halogens is 1. The van der Waals surface area contributed by atoms with Crippen molar-refractivity contribution in [1.29, 1.82) is 0 Å². The lowest BCUT2D eigenvalue weighted by Gasteiger charge is -2.17. The fourth-order valence-electron chi connectivity index (χ4n) is 2.77. The van der Waals surface area contributed by atoms with Crippen molar-refractivity contribution in [3.05, 3.63) is 94.5 Å². The molecular formula is C20H13BrN2O. The number of aliphatic imine (C=N–C) groups is 1. The van der Waals surface area contributed by atoms with Crippen molar-refractivity contribution in [2.45, 2.75) is 0 Å². The Morgan fingerprint density at radius 3 is 2.08 bits per heavy atom. The zero-order valence-corrected chi connectivity index (χ0v) is 14.3. The van der Waals surface area contributed by atoms with E-state index in [-0.39, 0.29) is 5.91 Å². The van der Waals surface area contributed by atoms with Gasteiger partial charge < -0.3 is 0 Å². The Balaban J connectivity index is 1.90. The maximum atomic E-state index is 12.9. The summed E-state index contributed by atoms with van der Waals surface area (Å²) >= 11 is 3.43.